The molecule has 1 saturated heterocycles. The van der Waals surface area contributed by atoms with E-state index in [2.05, 4.69) is 38.7 Å². The topological polar surface area (TPSA) is 90.1 Å². The number of anilines is 2. The van der Waals surface area contributed by atoms with Gasteiger partial charge in [0.25, 0.3) is 5.56 Å². The minimum atomic E-state index is -0.193. The summed E-state index contributed by atoms with van der Waals surface area (Å²) in [5, 5.41) is 3.67. The minimum Gasteiger partial charge on any atom is -0.487 e. The molecule has 9 nitrogen and oxygen atoms in total. The molecular weight excluding hydrogens is 430 g/mol. The Kier molecular flexibility index (Phi) is 5.85. The summed E-state index contributed by atoms with van der Waals surface area (Å²) in [7, 11) is 0. The molecule has 0 radical (unpaired) electrons. The average Bonchev–Trinajstić information content (AvgIpc) is 3.09. The fourth-order valence-corrected chi connectivity index (χ4v) is 4.11. The summed E-state index contributed by atoms with van der Waals surface area (Å²) in [5.74, 6) is 1.86. The van der Waals surface area contributed by atoms with Crippen molar-refractivity contribution in [1.29, 1.82) is 0 Å². The van der Waals surface area contributed by atoms with Gasteiger partial charge in [0.05, 0.1) is 6.54 Å². The highest BCUT2D eigenvalue weighted by Gasteiger charge is 2.27. The summed E-state index contributed by atoms with van der Waals surface area (Å²) in [5.41, 5.74) is 2.15. The van der Waals surface area contributed by atoms with E-state index in [1.54, 1.807) is 27.8 Å². The lowest BCUT2D eigenvalue weighted by Crippen LogP contribution is -2.53. The Morgan fingerprint density at radius 1 is 1.24 bits per heavy atom. The molecule has 1 N–H and O–H groups in total. The van der Waals surface area contributed by atoms with Crippen LogP contribution in [0.15, 0.2) is 66.2 Å². The summed E-state index contributed by atoms with van der Waals surface area (Å²) in [4.78, 5) is 28.8. The SMILES string of the molecule is C=CCn1c(=O)c2cnc(Nc3ccc(OC4CN(CC)C4)c(C)c3)nc2n1-c1ccccn1. The molecule has 1 aliphatic heterocycles. The van der Waals surface area contributed by atoms with Gasteiger partial charge in [-0.15, -0.1) is 6.58 Å². The van der Waals surface area contributed by atoms with Crippen molar-refractivity contribution in [1.82, 2.24) is 29.2 Å². The number of fused-ring (bicyclic) bond motifs is 1. The summed E-state index contributed by atoms with van der Waals surface area (Å²) in [6.45, 7) is 11.3. The van der Waals surface area contributed by atoms with Crippen LogP contribution in [0, 0.1) is 6.92 Å². The second-order valence-corrected chi connectivity index (χ2v) is 8.30. The third kappa shape index (κ3) is 4.06. The van der Waals surface area contributed by atoms with E-state index in [1.807, 2.05) is 43.3 Å². The van der Waals surface area contributed by atoms with Crippen molar-refractivity contribution in [2.45, 2.75) is 26.5 Å². The van der Waals surface area contributed by atoms with Gasteiger partial charge >= 0.3 is 0 Å². The molecule has 0 saturated carbocycles. The van der Waals surface area contributed by atoms with Gasteiger partial charge in [0, 0.05) is 31.2 Å². The Bertz CT molecular complexity index is 1390. The highest BCUT2D eigenvalue weighted by molar-refractivity contribution is 5.77. The van der Waals surface area contributed by atoms with E-state index < -0.39 is 0 Å². The largest absolute Gasteiger partial charge is 0.487 e. The number of rotatable bonds is 8. The number of aryl methyl sites for hydroxylation is 1. The van der Waals surface area contributed by atoms with E-state index in [0.29, 0.717) is 29.3 Å². The number of nitrogens with one attached hydrogen (secondary N) is 1. The number of allylic oxidation sites excluding steroid dienone is 1. The zero-order chi connectivity index (χ0) is 23.7. The third-order valence-corrected chi connectivity index (χ3v) is 5.94. The summed E-state index contributed by atoms with van der Waals surface area (Å²) in [6.07, 6.45) is 5.14. The fraction of sp³-hybridized carbons (Fsp3) is 0.280. The average molecular weight is 458 g/mol. The molecule has 0 unspecified atom stereocenters. The van der Waals surface area contributed by atoms with E-state index >= 15 is 0 Å². The highest BCUT2D eigenvalue weighted by Crippen LogP contribution is 2.26. The molecule has 0 aliphatic carbocycles. The molecule has 0 atom stereocenters. The number of ether oxygens (including phenoxy) is 1. The Balaban J connectivity index is 1.44. The van der Waals surface area contributed by atoms with Crippen LogP contribution in [0.5, 0.6) is 5.75 Å². The molecule has 5 rings (SSSR count). The van der Waals surface area contributed by atoms with Gasteiger partial charge in [-0.25, -0.2) is 19.3 Å². The van der Waals surface area contributed by atoms with Crippen LogP contribution < -0.4 is 15.6 Å². The van der Waals surface area contributed by atoms with E-state index in [4.69, 9.17) is 4.74 Å². The molecule has 34 heavy (non-hydrogen) atoms. The summed E-state index contributed by atoms with van der Waals surface area (Å²) in [6, 6.07) is 11.4. The van der Waals surface area contributed by atoms with Crippen LogP contribution in [0.3, 0.4) is 0 Å². The Hall–Kier alpha value is -3.98. The van der Waals surface area contributed by atoms with Crippen LogP contribution in [0.1, 0.15) is 12.5 Å². The first kappa shape index (κ1) is 21.8. The maximum Gasteiger partial charge on any atom is 0.278 e. The summed E-state index contributed by atoms with van der Waals surface area (Å²) >= 11 is 0. The quantitative estimate of drug-likeness (QED) is 0.406. The van der Waals surface area contributed by atoms with Crippen LogP contribution in [0.4, 0.5) is 11.6 Å². The predicted molar refractivity (Wildman–Crippen MR) is 132 cm³/mol. The number of benzene rings is 1. The number of nitrogens with zero attached hydrogens (tertiary/aromatic N) is 6. The molecular formula is C25H27N7O2. The zero-order valence-corrected chi connectivity index (χ0v) is 19.3. The fourth-order valence-electron chi connectivity index (χ4n) is 4.11. The monoisotopic (exact) mass is 457 g/mol. The lowest BCUT2D eigenvalue weighted by atomic mass is 10.1. The van der Waals surface area contributed by atoms with E-state index in [1.165, 1.54) is 0 Å². The van der Waals surface area contributed by atoms with Crippen molar-refractivity contribution in [3.05, 3.63) is 77.4 Å². The van der Waals surface area contributed by atoms with Gasteiger partial charge in [0.15, 0.2) is 11.5 Å². The van der Waals surface area contributed by atoms with Gasteiger partial charge in [-0.2, -0.15) is 4.98 Å². The molecule has 0 spiro atoms. The van der Waals surface area contributed by atoms with Crippen molar-refractivity contribution in [3.8, 4) is 11.6 Å². The van der Waals surface area contributed by atoms with Crippen LogP contribution in [-0.4, -0.2) is 55.0 Å². The van der Waals surface area contributed by atoms with Gasteiger partial charge in [0.1, 0.15) is 17.2 Å². The lowest BCUT2D eigenvalue weighted by molar-refractivity contribution is 0.0234. The highest BCUT2D eigenvalue weighted by atomic mass is 16.5. The summed E-state index contributed by atoms with van der Waals surface area (Å²) < 4.78 is 9.37. The third-order valence-electron chi connectivity index (χ3n) is 5.94. The molecule has 9 heteroatoms. The van der Waals surface area contributed by atoms with Gasteiger partial charge < -0.3 is 10.1 Å². The molecule has 1 fully saturated rings. The maximum absolute atomic E-state index is 13.0. The second-order valence-electron chi connectivity index (χ2n) is 8.30. The molecule has 0 bridgehead atoms. The first-order valence-electron chi connectivity index (χ1n) is 11.3. The van der Waals surface area contributed by atoms with Crippen molar-refractivity contribution in [2.24, 2.45) is 0 Å². The van der Waals surface area contributed by atoms with E-state index in [-0.39, 0.29) is 11.7 Å². The number of likely N-dealkylation sites (N-methyl/N-ethyl adjacent to an activating group) is 1. The number of likely N-dealkylation sites (tertiary alicyclic amines) is 1. The number of hydrogen-bond donors (Lipinski definition) is 1. The van der Waals surface area contributed by atoms with Crippen molar-refractivity contribution < 1.29 is 4.74 Å². The maximum atomic E-state index is 13.0. The second kappa shape index (κ2) is 9.11. The van der Waals surface area contributed by atoms with Crippen LogP contribution in [0.25, 0.3) is 16.9 Å². The standard InChI is InChI=1S/C25H27N7O2/c1-4-12-31-24(33)20-14-27-25(29-23(20)32(31)22-8-6-7-11-26-22)28-18-9-10-21(17(3)13-18)34-19-15-30(5-2)16-19/h4,6-11,13-14,19H,1,5,12,15-16H2,2-3H3,(H,27,28,29). The molecule has 4 heterocycles. The molecule has 1 aromatic carbocycles. The lowest BCUT2D eigenvalue weighted by Gasteiger charge is -2.38. The van der Waals surface area contributed by atoms with Gasteiger partial charge in [-0.05, 0) is 49.4 Å². The number of aromatic nitrogens is 5. The van der Waals surface area contributed by atoms with Gasteiger partial charge in [-0.1, -0.05) is 19.1 Å². The Morgan fingerprint density at radius 2 is 2.09 bits per heavy atom. The van der Waals surface area contributed by atoms with Crippen LogP contribution in [-0.2, 0) is 6.54 Å². The van der Waals surface area contributed by atoms with Crippen molar-refractivity contribution in [2.75, 3.05) is 25.0 Å². The molecule has 3 aromatic heterocycles. The number of pyridine rings is 1. The van der Waals surface area contributed by atoms with E-state index in [0.717, 1.165) is 36.6 Å². The van der Waals surface area contributed by atoms with Gasteiger partial charge in [0.2, 0.25) is 5.95 Å². The Morgan fingerprint density at radius 3 is 2.79 bits per heavy atom. The number of hydrogen-bond acceptors (Lipinski definition) is 7. The van der Waals surface area contributed by atoms with E-state index in [9.17, 15) is 4.79 Å². The molecule has 0 amide bonds. The van der Waals surface area contributed by atoms with Crippen molar-refractivity contribution >= 4 is 22.7 Å². The molecule has 4 aromatic rings. The Labute approximate surface area is 197 Å². The normalized spacial score (nSPS) is 14.2. The van der Waals surface area contributed by atoms with Crippen LogP contribution >= 0.6 is 0 Å². The molecule has 1 aliphatic rings. The predicted octanol–water partition coefficient (Wildman–Crippen LogP) is 3.30. The van der Waals surface area contributed by atoms with Gasteiger partial charge in [-0.3, -0.25) is 9.69 Å². The molecule has 174 valence electrons. The van der Waals surface area contributed by atoms with Crippen molar-refractivity contribution in [3.63, 3.8) is 0 Å². The first-order chi connectivity index (χ1) is 16.6. The zero-order valence-electron chi connectivity index (χ0n) is 19.3. The first-order valence-corrected chi connectivity index (χ1v) is 11.3. The smallest absolute Gasteiger partial charge is 0.278 e. The van der Waals surface area contributed by atoms with Crippen LogP contribution in [0.2, 0.25) is 0 Å². The minimum absolute atomic E-state index is 0.193.